The minimum atomic E-state index is -4.62. The smallest absolute Gasteiger partial charge is 0.416 e. The van der Waals surface area contributed by atoms with Crippen molar-refractivity contribution in [2.45, 2.75) is 6.18 Å². The van der Waals surface area contributed by atoms with Gasteiger partial charge in [-0.3, -0.25) is 4.79 Å². The van der Waals surface area contributed by atoms with Crippen LogP contribution in [0.25, 0.3) is 16.5 Å². The van der Waals surface area contributed by atoms with Gasteiger partial charge in [-0.2, -0.15) is 13.2 Å². The molecule has 0 fully saturated rings. The molecule has 9 heteroatoms. The number of amides is 1. The van der Waals surface area contributed by atoms with Gasteiger partial charge in [-0.15, -0.1) is 11.3 Å². The van der Waals surface area contributed by atoms with Crippen molar-refractivity contribution in [3.05, 3.63) is 87.4 Å². The van der Waals surface area contributed by atoms with Gasteiger partial charge in [-0.05, 0) is 42.5 Å². The lowest BCUT2D eigenvalue weighted by Crippen LogP contribution is -2.27. The maximum Gasteiger partial charge on any atom is 0.416 e. The molecule has 0 spiro atoms. The standard InChI is InChI=1S/C21H13ClF3NO3S/c22-16-7-2-1-6-15(16)18-9-8-14(30-18)11-17(20(28)29)26-19(27)12-4-3-5-13(10-12)21(23,24)25/h1-11H,(H,26,27)(H,28,29)/b17-11-. The van der Waals surface area contributed by atoms with Gasteiger partial charge in [-0.25, -0.2) is 4.79 Å². The van der Waals surface area contributed by atoms with Crippen molar-refractivity contribution in [2.24, 2.45) is 0 Å². The van der Waals surface area contributed by atoms with Gasteiger partial charge in [0.05, 0.1) is 5.56 Å². The fraction of sp³-hybridized carbons (Fsp3) is 0.0476. The van der Waals surface area contributed by atoms with E-state index in [1.807, 2.05) is 12.1 Å². The summed E-state index contributed by atoms with van der Waals surface area (Å²) in [5.41, 5.74) is -1.00. The monoisotopic (exact) mass is 451 g/mol. The Bertz CT molecular complexity index is 1140. The van der Waals surface area contributed by atoms with Crippen molar-refractivity contribution in [3.63, 3.8) is 0 Å². The zero-order chi connectivity index (χ0) is 21.9. The molecule has 1 heterocycles. The number of halogens is 4. The summed E-state index contributed by atoms with van der Waals surface area (Å²) in [7, 11) is 0. The first-order valence-electron chi connectivity index (χ1n) is 8.43. The number of thiophene rings is 1. The molecule has 30 heavy (non-hydrogen) atoms. The molecule has 0 atom stereocenters. The first kappa shape index (κ1) is 21.6. The van der Waals surface area contributed by atoms with Gasteiger partial charge in [0.2, 0.25) is 0 Å². The maximum atomic E-state index is 12.8. The van der Waals surface area contributed by atoms with Crippen molar-refractivity contribution >= 4 is 40.9 Å². The molecule has 0 saturated heterocycles. The van der Waals surface area contributed by atoms with Gasteiger partial charge in [0.1, 0.15) is 5.70 Å². The second-order valence-electron chi connectivity index (χ2n) is 6.08. The lowest BCUT2D eigenvalue weighted by Gasteiger charge is -2.09. The Kier molecular flexibility index (Phi) is 6.28. The van der Waals surface area contributed by atoms with E-state index >= 15 is 0 Å². The molecule has 1 amide bonds. The first-order chi connectivity index (χ1) is 14.1. The number of hydrogen-bond acceptors (Lipinski definition) is 3. The normalized spacial score (nSPS) is 11.9. The van der Waals surface area contributed by atoms with Crippen LogP contribution in [0.15, 0.2) is 66.4 Å². The van der Waals surface area contributed by atoms with Gasteiger partial charge in [0, 0.05) is 25.9 Å². The summed E-state index contributed by atoms with van der Waals surface area (Å²) in [5, 5.41) is 12.1. The molecule has 3 rings (SSSR count). The quantitative estimate of drug-likeness (QED) is 0.471. The van der Waals surface area contributed by atoms with Crippen LogP contribution in [0.3, 0.4) is 0 Å². The van der Waals surface area contributed by atoms with E-state index in [-0.39, 0.29) is 5.56 Å². The molecule has 1 aromatic heterocycles. The highest BCUT2D eigenvalue weighted by Gasteiger charge is 2.31. The Hall–Kier alpha value is -3.10. The number of benzene rings is 2. The van der Waals surface area contributed by atoms with Crippen LogP contribution in [0.1, 0.15) is 20.8 Å². The van der Waals surface area contributed by atoms with Gasteiger partial charge in [0.15, 0.2) is 0 Å². The summed E-state index contributed by atoms with van der Waals surface area (Å²) in [6.45, 7) is 0. The maximum absolute atomic E-state index is 12.8. The zero-order valence-corrected chi connectivity index (χ0v) is 16.6. The van der Waals surface area contributed by atoms with E-state index in [0.717, 1.165) is 22.6 Å². The second kappa shape index (κ2) is 8.73. The Labute approximate surface area is 178 Å². The predicted molar refractivity (Wildman–Crippen MR) is 109 cm³/mol. The minimum absolute atomic E-state index is 0.306. The molecular weight excluding hydrogens is 439 g/mol. The van der Waals surface area contributed by atoms with E-state index in [4.69, 9.17) is 11.6 Å². The Morgan fingerprint density at radius 1 is 1.03 bits per heavy atom. The molecule has 0 unspecified atom stereocenters. The molecule has 0 saturated carbocycles. The number of carbonyl (C=O) groups excluding carboxylic acids is 1. The van der Waals surface area contributed by atoms with Crippen molar-refractivity contribution in [1.29, 1.82) is 0 Å². The topological polar surface area (TPSA) is 66.4 Å². The van der Waals surface area contributed by atoms with Gasteiger partial charge < -0.3 is 10.4 Å². The molecule has 0 aliphatic carbocycles. The summed E-state index contributed by atoms with van der Waals surface area (Å²) < 4.78 is 38.5. The van der Waals surface area contributed by atoms with Crippen molar-refractivity contribution in [1.82, 2.24) is 5.32 Å². The van der Waals surface area contributed by atoms with Gasteiger partial charge >= 0.3 is 12.1 Å². The first-order valence-corrected chi connectivity index (χ1v) is 9.63. The number of rotatable bonds is 5. The largest absolute Gasteiger partial charge is 0.477 e. The van der Waals surface area contributed by atoms with Crippen LogP contribution >= 0.6 is 22.9 Å². The number of alkyl halides is 3. The SMILES string of the molecule is O=C(O)/C(=C/c1ccc(-c2ccccc2Cl)s1)NC(=O)c1cccc(C(F)(F)F)c1. The number of nitrogens with one attached hydrogen (secondary N) is 1. The number of aliphatic carboxylic acids is 1. The molecule has 2 N–H and O–H groups in total. The minimum Gasteiger partial charge on any atom is -0.477 e. The fourth-order valence-corrected chi connectivity index (χ4v) is 3.85. The van der Waals surface area contributed by atoms with E-state index in [9.17, 15) is 27.9 Å². The number of carboxylic acids is 1. The van der Waals surface area contributed by atoms with Crippen LogP contribution in [0, 0.1) is 0 Å². The number of hydrogen-bond donors (Lipinski definition) is 2. The molecule has 0 aliphatic rings. The van der Waals surface area contributed by atoms with E-state index in [0.29, 0.717) is 16.0 Å². The molecular formula is C21H13ClF3NO3S. The second-order valence-corrected chi connectivity index (χ2v) is 7.60. The summed E-state index contributed by atoms with van der Waals surface area (Å²) in [6.07, 6.45) is -3.38. The van der Waals surface area contributed by atoms with Crippen molar-refractivity contribution < 1.29 is 27.9 Å². The third-order valence-corrected chi connectivity index (χ3v) is 5.38. The summed E-state index contributed by atoms with van der Waals surface area (Å²) in [5.74, 6) is -2.39. The summed E-state index contributed by atoms with van der Waals surface area (Å²) in [4.78, 5) is 25.2. The molecule has 154 valence electrons. The predicted octanol–water partition coefficient (Wildman–Crippen LogP) is 5.94. The van der Waals surface area contributed by atoms with Crippen LogP contribution in [0.2, 0.25) is 5.02 Å². The lowest BCUT2D eigenvalue weighted by molar-refractivity contribution is -0.137. The van der Waals surface area contributed by atoms with Crippen LogP contribution in [0.4, 0.5) is 13.2 Å². The molecule has 3 aromatic rings. The van der Waals surface area contributed by atoms with Crippen LogP contribution in [-0.2, 0) is 11.0 Å². The van der Waals surface area contributed by atoms with Crippen LogP contribution < -0.4 is 5.32 Å². The van der Waals surface area contributed by atoms with E-state index < -0.39 is 29.3 Å². The highest BCUT2D eigenvalue weighted by molar-refractivity contribution is 7.16. The van der Waals surface area contributed by atoms with Crippen molar-refractivity contribution in [2.75, 3.05) is 0 Å². The fourth-order valence-electron chi connectivity index (χ4n) is 2.56. The Balaban J connectivity index is 1.85. The average Bonchev–Trinajstić information content (AvgIpc) is 3.15. The molecule has 0 radical (unpaired) electrons. The zero-order valence-electron chi connectivity index (χ0n) is 15.0. The summed E-state index contributed by atoms with van der Waals surface area (Å²) in [6, 6.07) is 14.3. The summed E-state index contributed by atoms with van der Waals surface area (Å²) >= 11 is 7.42. The number of carbonyl (C=O) groups is 2. The highest BCUT2D eigenvalue weighted by atomic mass is 35.5. The molecule has 0 bridgehead atoms. The van der Waals surface area contributed by atoms with E-state index in [2.05, 4.69) is 5.32 Å². The molecule has 2 aromatic carbocycles. The Morgan fingerprint density at radius 2 is 1.77 bits per heavy atom. The van der Waals surface area contributed by atoms with E-state index in [1.54, 1.807) is 24.3 Å². The molecule has 0 aliphatic heterocycles. The van der Waals surface area contributed by atoms with Crippen LogP contribution in [-0.4, -0.2) is 17.0 Å². The Morgan fingerprint density at radius 3 is 2.43 bits per heavy atom. The van der Waals surface area contributed by atoms with E-state index in [1.165, 1.54) is 23.5 Å². The molecule has 4 nitrogen and oxygen atoms in total. The average molecular weight is 452 g/mol. The van der Waals surface area contributed by atoms with Gasteiger partial charge in [0.25, 0.3) is 5.91 Å². The van der Waals surface area contributed by atoms with Crippen molar-refractivity contribution in [3.8, 4) is 10.4 Å². The van der Waals surface area contributed by atoms with Crippen LogP contribution in [0.5, 0.6) is 0 Å². The highest BCUT2D eigenvalue weighted by Crippen LogP contribution is 2.34. The third-order valence-electron chi connectivity index (χ3n) is 3.98. The lowest BCUT2D eigenvalue weighted by atomic mass is 10.1. The van der Waals surface area contributed by atoms with Gasteiger partial charge in [-0.1, -0.05) is 35.9 Å². The third kappa shape index (κ3) is 5.08. The number of carboxylic acid groups (broad SMARTS) is 1.